The molecule has 0 aliphatic carbocycles. The summed E-state index contributed by atoms with van der Waals surface area (Å²) in [4.78, 5) is 11.8. The fourth-order valence-electron chi connectivity index (χ4n) is 2.23. The molecular formula is C13H15N5. The smallest absolute Gasteiger partial charge is 0.198 e. The summed E-state index contributed by atoms with van der Waals surface area (Å²) in [6, 6.07) is 6.16. The number of benzene rings is 1. The Balaban J connectivity index is 2.22. The zero-order valence-electron chi connectivity index (χ0n) is 10.7. The van der Waals surface area contributed by atoms with Crippen LogP contribution in [0.25, 0.3) is 22.3 Å². The van der Waals surface area contributed by atoms with E-state index in [2.05, 4.69) is 25.6 Å². The molecule has 0 amide bonds. The number of fused-ring (bicyclic) bond motifs is 1. The Bertz CT molecular complexity index is 735. The Kier molecular flexibility index (Phi) is 2.16. The average Bonchev–Trinajstić information content (AvgIpc) is 2.80. The lowest BCUT2D eigenvalue weighted by atomic mass is 10.1. The number of imidazole rings is 2. The molecule has 0 atom stereocenters. The summed E-state index contributed by atoms with van der Waals surface area (Å²) in [6.45, 7) is 3.96. The molecule has 3 N–H and O–H groups in total. The highest BCUT2D eigenvalue weighted by molar-refractivity contribution is 5.82. The van der Waals surface area contributed by atoms with Crippen molar-refractivity contribution in [2.24, 2.45) is 7.05 Å². The predicted octanol–water partition coefficient (Wildman–Crippen LogP) is 2.16. The average molecular weight is 241 g/mol. The zero-order valence-corrected chi connectivity index (χ0v) is 10.7. The number of aromatic nitrogens is 4. The molecule has 2 aromatic heterocycles. The van der Waals surface area contributed by atoms with Crippen LogP contribution in [0.1, 0.15) is 11.5 Å². The number of anilines is 1. The van der Waals surface area contributed by atoms with Crippen LogP contribution in [-0.4, -0.2) is 19.5 Å². The molecule has 5 nitrogen and oxygen atoms in total. The summed E-state index contributed by atoms with van der Waals surface area (Å²) >= 11 is 0. The maximum atomic E-state index is 5.67. The first-order valence-electron chi connectivity index (χ1n) is 5.82. The van der Waals surface area contributed by atoms with Crippen LogP contribution < -0.4 is 5.73 Å². The van der Waals surface area contributed by atoms with E-state index in [4.69, 9.17) is 5.73 Å². The summed E-state index contributed by atoms with van der Waals surface area (Å²) < 4.78 is 2.07. The lowest BCUT2D eigenvalue weighted by Crippen LogP contribution is -1.90. The number of nitrogens with zero attached hydrogens (tertiary/aromatic N) is 3. The van der Waals surface area contributed by atoms with E-state index in [0.29, 0.717) is 5.95 Å². The Labute approximate surface area is 105 Å². The third kappa shape index (κ3) is 1.48. The van der Waals surface area contributed by atoms with Crippen LogP contribution in [0.3, 0.4) is 0 Å². The van der Waals surface area contributed by atoms with Gasteiger partial charge in [-0.1, -0.05) is 6.07 Å². The highest BCUT2D eigenvalue weighted by atomic mass is 15.1. The van der Waals surface area contributed by atoms with Gasteiger partial charge < -0.3 is 15.3 Å². The van der Waals surface area contributed by atoms with E-state index in [1.807, 2.05) is 33.0 Å². The quantitative estimate of drug-likeness (QED) is 0.685. The number of nitrogen functional groups attached to an aromatic ring is 1. The number of aromatic amines is 1. The third-order valence-corrected chi connectivity index (χ3v) is 3.28. The van der Waals surface area contributed by atoms with Crippen LogP contribution in [0.4, 0.5) is 5.95 Å². The van der Waals surface area contributed by atoms with Crippen molar-refractivity contribution in [3.8, 4) is 11.3 Å². The zero-order chi connectivity index (χ0) is 12.9. The lowest BCUT2D eigenvalue weighted by molar-refractivity contribution is 0.886. The van der Waals surface area contributed by atoms with E-state index in [9.17, 15) is 0 Å². The van der Waals surface area contributed by atoms with Gasteiger partial charge in [0.25, 0.3) is 0 Å². The van der Waals surface area contributed by atoms with Gasteiger partial charge in [0.05, 0.1) is 16.7 Å². The van der Waals surface area contributed by atoms with Gasteiger partial charge in [-0.15, -0.1) is 0 Å². The van der Waals surface area contributed by atoms with Gasteiger partial charge in [0.15, 0.2) is 5.95 Å². The Morgan fingerprint density at radius 3 is 2.67 bits per heavy atom. The van der Waals surface area contributed by atoms with E-state index >= 15 is 0 Å². The normalized spacial score (nSPS) is 11.3. The van der Waals surface area contributed by atoms with Crippen molar-refractivity contribution in [2.45, 2.75) is 13.8 Å². The molecule has 5 heteroatoms. The molecule has 0 saturated carbocycles. The molecule has 18 heavy (non-hydrogen) atoms. The van der Waals surface area contributed by atoms with Crippen LogP contribution >= 0.6 is 0 Å². The standard InChI is InChI=1S/C13H15N5/c1-7-12(17-13(14)15-7)9-4-5-11-10(6-9)16-8(2)18(11)3/h4-6H,1-3H3,(H3,14,15,17). The monoisotopic (exact) mass is 241 g/mol. The van der Waals surface area contributed by atoms with Crippen LogP contribution in [0, 0.1) is 13.8 Å². The highest BCUT2D eigenvalue weighted by Crippen LogP contribution is 2.25. The van der Waals surface area contributed by atoms with E-state index in [1.54, 1.807) is 0 Å². The van der Waals surface area contributed by atoms with Crippen molar-refractivity contribution in [1.82, 2.24) is 19.5 Å². The molecule has 3 rings (SSSR count). The van der Waals surface area contributed by atoms with Crippen LogP contribution in [0.2, 0.25) is 0 Å². The summed E-state index contributed by atoms with van der Waals surface area (Å²) in [5.74, 6) is 1.44. The van der Waals surface area contributed by atoms with Crippen molar-refractivity contribution >= 4 is 17.0 Å². The third-order valence-electron chi connectivity index (χ3n) is 3.28. The van der Waals surface area contributed by atoms with Crippen molar-refractivity contribution in [2.75, 3.05) is 5.73 Å². The summed E-state index contributed by atoms with van der Waals surface area (Å²) in [5.41, 5.74) is 10.7. The second kappa shape index (κ2) is 3.60. The highest BCUT2D eigenvalue weighted by Gasteiger charge is 2.10. The first-order valence-corrected chi connectivity index (χ1v) is 5.82. The first kappa shape index (κ1) is 10.8. The molecule has 0 aliphatic rings. The molecule has 0 unspecified atom stereocenters. The van der Waals surface area contributed by atoms with Crippen LogP contribution in [-0.2, 0) is 7.05 Å². The molecule has 2 heterocycles. The molecule has 3 aromatic rings. The van der Waals surface area contributed by atoms with Gasteiger partial charge in [0.1, 0.15) is 5.82 Å². The second-order valence-corrected chi connectivity index (χ2v) is 4.52. The second-order valence-electron chi connectivity index (χ2n) is 4.52. The predicted molar refractivity (Wildman–Crippen MR) is 72.2 cm³/mol. The molecular weight excluding hydrogens is 226 g/mol. The van der Waals surface area contributed by atoms with E-state index in [1.165, 1.54) is 0 Å². The van der Waals surface area contributed by atoms with Gasteiger partial charge in [0.2, 0.25) is 0 Å². The minimum Gasteiger partial charge on any atom is -0.369 e. The largest absolute Gasteiger partial charge is 0.369 e. The molecule has 1 aromatic carbocycles. The van der Waals surface area contributed by atoms with Crippen molar-refractivity contribution in [3.63, 3.8) is 0 Å². The Morgan fingerprint density at radius 1 is 1.22 bits per heavy atom. The molecule has 0 radical (unpaired) electrons. The van der Waals surface area contributed by atoms with Gasteiger partial charge in [-0.05, 0) is 26.0 Å². The van der Waals surface area contributed by atoms with E-state index in [-0.39, 0.29) is 0 Å². The molecule has 0 bridgehead atoms. The minimum atomic E-state index is 0.444. The number of hydrogen-bond acceptors (Lipinski definition) is 3. The minimum absolute atomic E-state index is 0.444. The number of H-pyrrole nitrogens is 1. The fraction of sp³-hybridized carbons (Fsp3) is 0.231. The maximum Gasteiger partial charge on any atom is 0.198 e. The van der Waals surface area contributed by atoms with Gasteiger partial charge >= 0.3 is 0 Å². The molecule has 0 spiro atoms. The van der Waals surface area contributed by atoms with Gasteiger partial charge in [0, 0.05) is 18.3 Å². The van der Waals surface area contributed by atoms with Crippen molar-refractivity contribution < 1.29 is 0 Å². The Hall–Kier alpha value is -2.30. The molecule has 92 valence electrons. The summed E-state index contributed by atoms with van der Waals surface area (Å²) in [5, 5.41) is 0. The number of aryl methyl sites for hydroxylation is 3. The maximum absolute atomic E-state index is 5.67. The van der Waals surface area contributed by atoms with Crippen molar-refractivity contribution in [3.05, 3.63) is 29.7 Å². The number of nitrogens with one attached hydrogen (secondary N) is 1. The summed E-state index contributed by atoms with van der Waals surface area (Å²) in [7, 11) is 2.02. The molecule has 0 fully saturated rings. The van der Waals surface area contributed by atoms with Gasteiger partial charge in [-0.25, -0.2) is 9.97 Å². The molecule has 0 aliphatic heterocycles. The van der Waals surface area contributed by atoms with Crippen LogP contribution in [0.15, 0.2) is 18.2 Å². The Morgan fingerprint density at radius 2 is 2.00 bits per heavy atom. The number of nitrogens with two attached hydrogens (primary N) is 1. The van der Waals surface area contributed by atoms with Gasteiger partial charge in [-0.2, -0.15) is 0 Å². The lowest BCUT2D eigenvalue weighted by Gasteiger charge is -2.00. The fourth-order valence-corrected chi connectivity index (χ4v) is 2.23. The van der Waals surface area contributed by atoms with Crippen LogP contribution in [0.5, 0.6) is 0 Å². The topological polar surface area (TPSA) is 72.5 Å². The molecule has 0 saturated heterocycles. The summed E-state index contributed by atoms with van der Waals surface area (Å²) in [6.07, 6.45) is 0. The number of rotatable bonds is 1. The van der Waals surface area contributed by atoms with Crippen molar-refractivity contribution in [1.29, 1.82) is 0 Å². The SMILES string of the molecule is Cc1[nH]c(N)nc1-c1ccc2c(c1)nc(C)n2C. The van der Waals surface area contributed by atoms with Gasteiger partial charge in [-0.3, -0.25) is 0 Å². The van der Waals surface area contributed by atoms with E-state index in [0.717, 1.165) is 33.8 Å². The first-order chi connectivity index (χ1) is 8.56. The number of hydrogen-bond donors (Lipinski definition) is 2. The van der Waals surface area contributed by atoms with E-state index < -0.39 is 0 Å².